The minimum absolute atomic E-state index is 0.00180. The summed E-state index contributed by atoms with van der Waals surface area (Å²) in [5, 5.41) is 21.3. The molecule has 20 heavy (non-hydrogen) atoms. The second kappa shape index (κ2) is 6.45. The molecule has 0 saturated heterocycles. The molecule has 1 rings (SSSR count). The first-order chi connectivity index (χ1) is 9.35. The fraction of sp³-hybridized carbons (Fsp3) is 0.273. The molecule has 0 aliphatic heterocycles. The van der Waals surface area contributed by atoms with Gasteiger partial charge in [-0.1, -0.05) is 0 Å². The van der Waals surface area contributed by atoms with Gasteiger partial charge >= 0.3 is 17.7 Å². The number of nitro benzene ring substituents is 1. The van der Waals surface area contributed by atoms with Crippen LogP contribution in [0.25, 0.3) is 0 Å². The Kier molecular flexibility index (Phi) is 4.95. The molecule has 0 saturated carbocycles. The number of nitrogens with zero attached hydrogens (tertiary/aromatic N) is 2. The lowest BCUT2D eigenvalue weighted by Crippen LogP contribution is -2.38. The summed E-state index contributed by atoms with van der Waals surface area (Å²) in [5.74, 6) is -2.27. The predicted octanol–water partition coefficient (Wildman–Crippen LogP) is 1.67. The molecule has 2 N–H and O–H groups in total. The SMILES string of the molecule is CCN(CC(=O)O)C(=O)Nc1ccc([N+](=O)[O-])c(F)c1. The molecule has 0 bridgehead atoms. The Labute approximate surface area is 113 Å². The van der Waals surface area contributed by atoms with Crippen molar-refractivity contribution in [2.75, 3.05) is 18.4 Å². The van der Waals surface area contributed by atoms with Crippen molar-refractivity contribution in [3.05, 3.63) is 34.1 Å². The molecule has 0 aliphatic rings. The van der Waals surface area contributed by atoms with E-state index in [1.165, 1.54) is 0 Å². The molecule has 0 atom stereocenters. The van der Waals surface area contributed by atoms with Crippen LogP contribution in [0.2, 0.25) is 0 Å². The first-order valence-electron chi connectivity index (χ1n) is 5.56. The van der Waals surface area contributed by atoms with Crippen molar-refractivity contribution in [3.8, 4) is 0 Å². The van der Waals surface area contributed by atoms with Crippen LogP contribution in [0.3, 0.4) is 0 Å². The number of likely N-dealkylation sites (N-methyl/N-ethyl adjacent to an activating group) is 1. The molecule has 0 unspecified atom stereocenters. The first-order valence-corrected chi connectivity index (χ1v) is 5.56. The number of carbonyl (C=O) groups excluding carboxylic acids is 1. The molecule has 0 heterocycles. The number of carbonyl (C=O) groups is 2. The van der Waals surface area contributed by atoms with E-state index in [1.54, 1.807) is 6.92 Å². The summed E-state index contributed by atoms with van der Waals surface area (Å²) in [6.45, 7) is 1.23. The Balaban J connectivity index is 2.82. The molecule has 2 amide bonds. The van der Waals surface area contributed by atoms with Crippen LogP contribution < -0.4 is 5.32 Å². The summed E-state index contributed by atoms with van der Waals surface area (Å²) in [5.41, 5.74) is -0.706. The maximum Gasteiger partial charge on any atom is 0.323 e. The number of rotatable bonds is 5. The van der Waals surface area contributed by atoms with Crippen LogP contribution in [0.1, 0.15) is 6.92 Å². The van der Waals surface area contributed by atoms with E-state index in [1.807, 2.05) is 0 Å². The minimum atomic E-state index is -1.18. The number of urea groups is 1. The summed E-state index contributed by atoms with van der Waals surface area (Å²) in [6, 6.07) is 2.14. The van der Waals surface area contributed by atoms with E-state index < -0.39 is 35.0 Å². The summed E-state index contributed by atoms with van der Waals surface area (Å²) in [6.07, 6.45) is 0. The second-order valence-corrected chi connectivity index (χ2v) is 3.76. The van der Waals surface area contributed by atoms with Crippen LogP contribution in [0, 0.1) is 15.9 Å². The van der Waals surface area contributed by atoms with E-state index >= 15 is 0 Å². The van der Waals surface area contributed by atoms with E-state index in [4.69, 9.17) is 5.11 Å². The molecule has 108 valence electrons. The number of hydrogen-bond acceptors (Lipinski definition) is 4. The lowest BCUT2D eigenvalue weighted by Gasteiger charge is -2.19. The topological polar surface area (TPSA) is 113 Å². The Morgan fingerprint density at radius 3 is 2.60 bits per heavy atom. The molecular weight excluding hydrogens is 273 g/mol. The van der Waals surface area contributed by atoms with Crippen LogP contribution in [-0.2, 0) is 4.79 Å². The van der Waals surface area contributed by atoms with Crippen molar-refractivity contribution < 1.29 is 24.0 Å². The van der Waals surface area contributed by atoms with Crippen LogP contribution in [0.15, 0.2) is 18.2 Å². The quantitative estimate of drug-likeness (QED) is 0.631. The normalized spacial score (nSPS) is 9.90. The lowest BCUT2D eigenvalue weighted by atomic mass is 10.2. The van der Waals surface area contributed by atoms with Crippen LogP contribution in [-0.4, -0.2) is 40.0 Å². The van der Waals surface area contributed by atoms with Gasteiger partial charge in [0.15, 0.2) is 0 Å². The molecular formula is C11H12FN3O5. The van der Waals surface area contributed by atoms with Gasteiger partial charge in [0.05, 0.1) is 4.92 Å². The zero-order valence-corrected chi connectivity index (χ0v) is 10.5. The number of hydrogen-bond donors (Lipinski definition) is 2. The number of carboxylic acids is 1. The number of anilines is 1. The van der Waals surface area contributed by atoms with Gasteiger partial charge in [-0.2, -0.15) is 4.39 Å². The number of halogens is 1. The Morgan fingerprint density at radius 2 is 2.15 bits per heavy atom. The van der Waals surface area contributed by atoms with Crippen molar-refractivity contribution in [1.29, 1.82) is 0 Å². The number of carboxylic acid groups (broad SMARTS) is 1. The van der Waals surface area contributed by atoms with Gasteiger partial charge in [0, 0.05) is 24.4 Å². The van der Waals surface area contributed by atoms with Gasteiger partial charge in [-0.3, -0.25) is 14.9 Å². The summed E-state index contributed by atoms with van der Waals surface area (Å²) < 4.78 is 13.3. The maximum absolute atomic E-state index is 13.3. The number of benzene rings is 1. The standard InChI is InChI=1S/C11H12FN3O5/c1-2-14(6-10(16)17)11(18)13-7-3-4-9(15(19)20)8(12)5-7/h3-5H,2,6H2,1H3,(H,13,18)(H,16,17). The maximum atomic E-state index is 13.3. The molecule has 9 heteroatoms. The number of amides is 2. The molecule has 0 radical (unpaired) electrons. The van der Waals surface area contributed by atoms with E-state index in [2.05, 4.69) is 5.32 Å². The van der Waals surface area contributed by atoms with Crippen molar-refractivity contribution in [3.63, 3.8) is 0 Å². The van der Waals surface area contributed by atoms with Gasteiger partial charge in [0.25, 0.3) is 0 Å². The van der Waals surface area contributed by atoms with Crippen LogP contribution in [0.4, 0.5) is 20.6 Å². The summed E-state index contributed by atoms with van der Waals surface area (Å²) in [4.78, 5) is 32.8. The van der Waals surface area contributed by atoms with Gasteiger partial charge in [-0.25, -0.2) is 4.79 Å². The largest absolute Gasteiger partial charge is 0.480 e. The van der Waals surface area contributed by atoms with Gasteiger partial charge in [0.1, 0.15) is 6.54 Å². The molecule has 0 spiro atoms. The monoisotopic (exact) mass is 285 g/mol. The van der Waals surface area contributed by atoms with Crippen LogP contribution >= 0.6 is 0 Å². The lowest BCUT2D eigenvalue weighted by molar-refractivity contribution is -0.387. The Hall–Kier alpha value is -2.71. The fourth-order valence-electron chi connectivity index (χ4n) is 1.43. The number of nitrogens with one attached hydrogen (secondary N) is 1. The molecule has 0 fully saturated rings. The highest BCUT2D eigenvalue weighted by Crippen LogP contribution is 2.20. The average Bonchev–Trinajstić information content (AvgIpc) is 2.35. The molecule has 0 aliphatic carbocycles. The zero-order chi connectivity index (χ0) is 15.3. The summed E-state index contributed by atoms with van der Waals surface area (Å²) in [7, 11) is 0. The minimum Gasteiger partial charge on any atom is -0.480 e. The molecule has 8 nitrogen and oxygen atoms in total. The highest BCUT2D eigenvalue weighted by Gasteiger charge is 2.17. The Morgan fingerprint density at radius 1 is 1.50 bits per heavy atom. The molecule has 1 aromatic carbocycles. The van der Waals surface area contributed by atoms with Gasteiger partial charge in [-0.15, -0.1) is 0 Å². The van der Waals surface area contributed by atoms with Crippen molar-refractivity contribution in [1.82, 2.24) is 4.90 Å². The molecule has 0 aromatic heterocycles. The van der Waals surface area contributed by atoms with E-state index in [-0.39, 0.29) is 12.2 Å². The van der Waals surface area contributed by atoms with Gasteiger partial charge in [0.2, 0.25) is 5.82 Å². The third-order valence-corrected chi connectivity index (χ3v) is 2.39. The van der Waals surface area contributed by atoms with E-state index in [0.29, 0.717) is 0 Å². The fourth-order valence-corrected chi connectivity index (χ4v) is 1.43. The number of aliphatic carboxylic acids is 1. The highest BCUT2D eigenvalue weighted by atomic mass is 19.1. The zero-order valence-electron chi connectivity index (χ0n) is 10.5. The second-order valence-electron chi connectivity index (χ2n) is 3.76. The summed E-state index contributed by atoms with van der Waals surface area (Å²) >= 11 is 0. The predicted molar refractivity (Wildman–Crippen MR) is 67.0 cm³/mol. The smallest absolute Gasteiger partial charge is 0.323 e. The van der Waals surface area contributed by atoms with E-state index in [0.717, 1.165) is 23.1 Å². The number of nitro groups is 1. The highest BCUT2D eigenvalue weighted by molar-refractivity contribution is 5.91. The Bertz CT molecular complexity index is 549. The van der Waals surface area contributed by atoms with Crippen molar-refractivity contribution >= 4 is 23.4 Å². The average molecular weight is 285 g/mol. The first kappa shape index (κ1) is 15.3. The van der Waals surface area contributed by atoms with Crippen molar-refractivity contribution in [2.45, 2.75) is 6.92 Å². The third kappa shape index (κ3) is 3.90. The van der Waals surface area contributed by atoms with Crippen LogP contribution in [0.5, 0.6) is 0 Å². The van der Waals surface area contributed by atoms with Gasteiger partial charge in [-0.05, 0) is 13.0 Å². The molecule has 1 aromatic rings. The van der Waals surface area contributed by atoms with Gasteiger partial charge < -0.3 is 15.3 Å². The third-order valence-electron chi connectivity index (χ3n) is 2.39. The van der Waals surface area contributed by atoms with E-state index in [9.17, 15) is 24.1 Å². The van der Waals surface area contributed by atoms with Crippen molar-refractivity contribution in [2.24, 2.45) is 0 Å².